The number of amides is 1. The van der Waals surface area contributed by atoms with Gasteiger partial charge in [-0.2, -0.15) is 0 Å². The first kappa shape index (κ1) is 18.6. The van der Waals surface area contributed by atoms with Crippen LogP contribution in [0.15, 0.2) is 18.2 Å². The summed E-state index contributed by atoms with van der Waals surface area (Å²) in [6.45, 7) is 0. The molecule has 0 bridgehead atoms. The normalized spacial score (nSPS) is 20.9. The number of aryl methyl sites for hydroxylation is 1. The van der Waals surface area contributed by atoms with Crippen molar-refractivity contribution in [3.63, 3.8) is 0 Å². The van der Waals surface area contributed by atoms with Gasteiger partial charge in [0.25, 0.3) is 0 Å². The summed E-state index contributed by atoms with van der Waals surface area (Å²) < 4.78 is 5.11. The molecule has 1 aromatic rings. The van der Waals surface area contributed by atoms with Gasteiger partial charge in [0.05, 0.1) is 18.1 Å². The van der Waals surface area contributed by atoms with Gasteiger partial charge < -0.3 is 15.2 Å². The van der Waals surface area contributed by atoms with Crippen molar-refractivity contribution in [3.05, 3.63) is 28.8 Å². The first-order chi connectivity index (χ1) is 11.5. The maximum absolute atomic E-state index is 12.2. The molecule has 6 heteroatoms. The summed E-state index contributed by atoms with van der Waals surface area (Å²) in [6.07, 6.45) is 5.13. The van der Waals surface area contributed by atoms with Crippen LogP contribution in [-0.4, -0.2) is 30.1 Å². The molecule has 1 aliphatic carbocycles. The lowest BCUT2D eigenvalue weighted by molar-refractivity contribution is -0.143. The van der Waals surface area contributed by atoms with Crippen LogP contribution in [0.1, 0.15) is 44.1 Å². The number of carbonyl (C=O) groups excluding carboxylic acids is 1. The zero-order valence-electron chi connectivity index (χ0n) is 13.9. The van der Waals surface area contributed by atoms with E-state index in [-0.39, 0.29) is 11.9 Å². The van der Waals surface area contributed by atoms with Crippen LogP contribution in [0.3, 0.4) is 0 Å². The van der Waals surface area contributed by atoms with Crippen molar-refractivity contribution in [2.75, 3.05) is 7.11 Å². The third-order valence-electron chi connectivity index (χ3n) is 4.54. The third kappa shape index (κ3) is 5.13. The minimum atomic E-state index is -0.816. The van der Waals surface area contributed by atoms with E-state index in [0.717, 1.165) is 31.2 Å². The molecular weight excluding hydrogens is 330 g/mol. The largest absolute Gasteiger partial charge is 0.495 e. The molecule has 0 aromatic heterocycles. The van der Waals surface area contributed by atoms with E-state index in [9.17, 15) is 14.7 Å². The number of aliphatic carboxylic acids is 1. The fraction of sp³-hybridized carbons (Fsp3) is 0.556. The Labute approximate surface area is 147 Å². The number of benzene rings is 1. The number of hydrogen-bond acceptors (Lipinski definition) is 3. The second-order valence-corrected chi connectivity index (χ2v) is 6.63. The van der Waals surface area contributed by atoms with Gasteiger partial charge in [-0.05, 0) is 37.0 Å². The lowest BCUT2D eigenvalue weighted by atomic mass is 9.94. The molecule has 1 aliphatic rings. The van der Waals surface area contributed by atoms with Crippen molar-refractivity contribution >= 4 is 23.5 Å². The average molecular weight is 354 g/mol. The highest BCUT2D eigenvalue weighted by atomic mass is 35.5. The highest BCUT2D eigenvalue weighted by Crippen LogP contribution is 2.26. The maximum atomic E-state index is 12.2. The first-order valence-electron chi connectivity index (χ1n) is 8.36. The predicted octanol–water partition coefficient (Wildman–Crippen LogP) is 3.43. The summed E-state index contributed by atoms with van der Waals surface area (Å²) in [6, 6.07) is 5.18. The Bertz CT molecular complexity index is 590. The van der Waals surface area contributed by atoms with Crippen molar-refractivity contribution in [1.29, 1.82) is 0 Å². The fourth-order valence-corrected chi connectivity index (χ4v) is 3.46. The molecule has 0 saturated heterocycles. The van der Waals surface area contributed by atoms with Crippen molar-refractivity contribution < 1.29 is 19.4 Å². The number of nitrogens with one attached hydrogen (secondary N) is 1. The highest BCUT2D eigenvalue weighted by molar-refractivity contribution is 6.32. The standard InChI is InChI=1S/C18H24ClNO4/c1-24-16-9-7-12(11-14(16)19)8-10-17(21)20-15-6-4-2-3-5-13(15)18(22)23/h7,9,11,13,15H,2-6,8,10H2,1H3,(H,20,21)(H,22,23)/t13-,15+/m1/s1. The molecule has 0 spiro atoms. The molecule has 0 heterocycles. The summed E-state index contributed by atoms with van der Waals surface area (Å²) >= 11 is 6.08. The number of rotatable bonds is 6. The third-order valence-corrected chi connectivity index (χ3v) is 4.83. The van der Waals surface area contributed by atoms with Gasteiger partial charge in [-0.3, -0.25) is 9.59 Å². The van der Waals surface area contributed by atoms with Crippen LogP contribution in [0, 0.1) is 5.92 Å². The van der Waals surface area contributed by atoms with E-state index in [4.69, 9.17) is 16.3 Å². The summed E-state index contributed by atoms with van der Waals surface area (Å²) in [5.41, 5.74) is 0.951. The molecule has 1 saturated carbocycles. The van der Waals surface area contributed by atoms with Crippen LogP contribution in [0.5, 0.6) is 5.75 Å². The number of carbonyl (C=O) groups is 2. The topological polar surface area (TPSA) is 75.6 Å². The smallest absolute Gasteiger partial charge is 0.308 e. The van der Waals surface area contributed by atoms with E-state index in [1.54, 1.807) is 19.2 Å². The second-order valence-electron chi connectivity index (χ2n) is 6.23. The van der Waals surface area contributed by atoms with E-state index in [1.807, 2.05) is 6.07 Å². The number of carboxylic acids is 1. The number of carboxylic acid groups (broad SMARTS) is 1. The minimum absolute atomic E-state index is 0.111. The monoisotopic (exact) mass is 353 g/mol. The first-order valence-corrected chi connectivity index (χ1v) is 8.73. The Kier molecular flexibility index (Phi) is 6.91. The Morgan fingerprint density at radius 3 is 2.71 bits per heavy atom. The Hall–Kier alpha value is -1.75. The summed E-state index contributed by atoms with van der Waals surface area (Å²) in [5, 5.41) is 12.8. The molecule has 1 fully saturated rings. The molecule has 2 rings (SSSR count). The summed E-state index contributed by atoms with van der Waals surface area (Å²) in [7, 11) is 1.56. The molecule has 5 nitrogen and oxygen atoms in total. The molecule has 0 aliphatic heterocycles. The van der Waals surface area contributed by atoms with Gasteiger partial charge in [0, 0.05) is 12.5 Å². The Balaban J connectivity index is 1.89. The number of ether oxygens (including phenoxy) is 1. The maximum Gasteiger partial charge on any atom is 0.308 e. The van der Waals surface area contributed by atoms with E-state index in [0.29, 0.717) is 30.0 Å². The molecule has 1 aromatic carbocycles. The minimum Gasteiger partial charge on any atom is -0.495 e. The molecule has 2 N–H and O–H groups in total. The molecule has 0 radical (unpaired) electrons. The number of methoxy groups -OCH3 is 1. The number of halogens is 1. The highest BCUT2D eigenvalue weighted by Gasteiger charge is 2.30. The van der Waals surface area contributed by atoms with E-state index in [2.05, 4.69) is 5.32 Å². The molecule has 1 amide bonds. The van der Waals surface area contributed by atoms with Gasteiger partial charge in [0.15, 0.2) is 0 Å². The molecule has 0 unspecified atom stereocenters. The Morgan fingerprint density at radius 2 is 2.04 bits per heavy atom. The number of hydrogen-bond donors (Lipinski definition) is 2. The van der Waals surface area contributed by atoms with Crippen LogP contribution >= 0.6 is 11.6 Å². The lowest BCUT2D eigenvalue weighted by Gasteiger charge is -2.22. The molecule has 132 valence electrons. The fourth-order valence-electron chi connectivity index (χ4n) is 3.18. The van der Waals surface area contributed by atoms with Crippen LogP contribution in [0.25, 0.3) is 0 Å². The van der Waals surface area contributed by atoms with E-state index in [1.165, 1.54) is 0 Å². The molecule has 2 atom stereocenters. The lowest BCUT2D eigenvalue weighted by Crippen LogP contribution is -2.42. The second kappa shape index (κ2) is 8.92. The SMILES string of the molecule is COc1ccc(CCC(=O)N[C@H]2CCCCC[C@H]2C(=O)O)cc1Cl. The van der Waals surface area contributed by atoms with Crippen LogP contribution < -0.4 is 10.1 Å². The van der Waals surface area contributed by atoms with E-state index < -0.39 is 11.9 Å². The summed E-state index contributed by atoms with van der Waals surface area (Å²) in [5.74, 6) is -0.802. The summed E-state index contributed by atoms with van der Waals surface area (Å²) in [4.78, 5) is 23.6. The average Bonchev–Trinajstić information content (AvgIpc) is 2.78. The van der Waals surface area contributed by atoms with Crippen LogP contribution in [-0.2, 0) is 16.0 Å². The van der Waals surface area contributed by atoms with Crippen LogP contribution in [0.2, 0.25) is 5.02 Å². The van der Waals surface area contributed by atoms with Gasteiger partial charge in [-0.1, -0.05) is 36.9 Å². The molecule has 24 heavy (non-hydrogen) atoms. The quantitative estimate of drug-likeness (QED) is 0.768. The zero-order valence-corrected chi connectivity index (χ0v) is 14.6. The van der Waals surface area contributed by atoms with Gasteiger partial charge >= 0.3 is 5.97 Å². The van der Waals surface area contributed by atoms with Gasteiger partial charge in [-0.25, -0.2) is 0 Å². The Morgan fingerprint density at radius 1 is 1.29 bits per heavy atom. The van der Waals surface area contributed by atoms with Crippen molar-refractivity contribution in [1.82, 2.24) is 5.32 Å². The zero-order chi connectivity index (χ0) is 17.5. The van der Waals surface area contributed by atoms with Gasteiger partial charge in [0.1, 0.15) is 5.75 Å². The predicted molar refractivity (Wildman–Crippen MR) is 92.5 cm³/mol. The molecular formula is C18H24ClNO4. The van der Waals surface area contributed by atoms with E-state index >= 15 is 0 Å². The van der Waals surface area contributed by atoms with Crippen molar-refractivity contribution in [2.24, 2.45) is 5.92 Å². The van der Waals surface area contributed by atoms with Gasteiger partial charge in [0.2, 0.25) is 5.91 Å². The van der Waals surface area contributed by atoms with Crippen LogP contribution in [0.4, 0.5) is 0 Å². The van der Waals surface area contributed by atoms with Crippen molar-refractivity contribution in [3.8, 4) is 5.75 Å². The van der Waals surface area contributed by atoms with Crippen molar-refractivity contribution in [2.45, 2.75) is 51.0 Å². The van der Waals surface area contributed by atoms with Gasteiger partial charge in [-0.15, -0.1) is 0 Å².